The fourth-order valence-corrected chi connectivity index (χ4v) is 0.517. The number of aliphatic hydroxyl groups excluding tert-OH is 1. The molecule has 0 aliphatic rings. The van der Waals surface area contributed by atoms with Gasteiger partial charge in [0.1, 0.15) is 6.23 Å². The zero-order chi connectivity index (χ0) is 7.82. The van der Waals surface area contributed by atoms with E-state index in [9.17, 15) is 0 Å². The number of aliphatic hydroxyl groups is 1. The zero-order valence-electron chi connectivity index (χ0n) is 6.12. The third-order valence-corrected chi connectivity index (χ3v) is 1.12. The topological polar surface area (TPSA) is 81.5 Å². The van der Waals surface area contributed by atoms with Crippen molar-refractivity contribution in [3.63, 3.8) is 0 Å². The molecule has 0 bridgehead atoms. The summed E-state index contributed by atoms with van der Waals surface area (Å²) in [6.07, 6.45) is 1.25. The Labute approximate surface area is 61.2 Å². The van der Waals surface area contributed by atoms with Crippen LogP contribution in [-0.4, -0.2) is 31.1 Å². The van der Waals surface area contributed by atoms with Gasteiger partial charge in [-0.3, -0.25) is 0 Å². The fourth-order valence-electron chi connectivity index (χ4n) is 0.517. The van der Waals surface area contributed by atoms with Crippen molar-refractivity contribution in [3.05, 3.63) is 0 Å². The minimum atomic E-state index is -0.348. The minimum Gasteiger partial charge on any atom is -0.396 e. The van der Waals surface area contributed by atoms with Crippen molar-refractivity contribution < 1.29 is 9.84 Å². The summed E-state index contributed by atoms with van der Waals surface area (Å²) in [6, 6.07) is 0. The Hall–Kier alpha value is -0.160. The summed E-state index contributed by atoms with van der Waals surface area (Å²) in [4.78, 5) is 0. The van der Waals surface area contributed by atoms with Crippen LogP contribution >= 0.6 is 0 Å². The Balaban J connectivity index is 2.89. The molecule has 1 atom stereocenters. The molecule has 0 aliphatic heterocycles. The molecule has 0 heterocycles. The summed E-state index contributed by atoms with van der Waals surface area (Å²) in [5.74, 6) is 0. The molecule has 62 valence electrons. The van der Waals surface area contributed by atoms with Crippen LogP contribution in [0.25, 0.3) is 0 Å². The molecule has 4 nitrogen and oxygen atoms in total. The van der Waals surface area contributed by atoms with Crippen molar-refractivity contribution in [2.45, 2.75) is 19.1 Å². The lowest BCUT2D eigenvalue weighted by molar-refractivity contribution is 0.0587. The molecule has 5 N–H and O–H groups in total. The largest absolute Gasteiger partial charge is 0.396 e. The second-order valence-electron chi connectivity index (χ2n) is 2.08. The molecule has 0 rings (SSSR count). The molecule has 0 aromatic rings. The normalized spacial score (nSPS) is 13.5. The highest BCUT2D eigenvalue weighted by molar-refractivity contribution is 4.46. The highest BCUT2D eigenvalue weighted by atomic mass is 16.5. The first-order valence-electron chi connectivity index (χ1n) is 3.49. The number of rotatable bonds is 6. The lowest BCUT2D eigenvalue weighted by Gasteiger charge is -2.08. The van der Waals surface area contributed by atoms with E-state index in [1.54, 1.807) is 0 Å². The summed E-state index contributed by atoms with van der Waals surface area (Å²) in [5.41, 5.74) is 10.5. The van der Waals surface area contributed by atoms with Crippen LogP contribution in [0.1, 0.15) is 12.8 Å². The summed E-state index contributed by atoms with van der Waals surface area (Å²) >= 11 is 0. The first-order valence-corrected chi connectivity index (χ1v) is 3.49. The van der Waals surface area contributed by atoms with Gasteiger partial charge in [-0.2, -0.15) is 0 Å². The molecular weight excluding hydrogens is 132 g/mol. The van der Waals surface area contributed by atoms with E-state index < -0.39 is 0 Å². The van der Waals surface area contributed by atoms with Crippen LogP contribution in [0.2, 0.25) is 0 Å². The maximum Gasteiger partial charge on any atom is 0.118 e. The molecule has 4 heteroatoms. The molecule has 0 aliphatic carbocycles. The van der Waals surface area contributed by atoms with Crippen molar-refractivity contribution in [1.29, 1.82) is 0 Å². The third-order valence-electron chi connectivity index (χ3n) is 1.12. The molecule has 0 saturated carbocycles. The van der Waals surface area contributed by atoms with Gasteiger partial charge in [0.15, 0.2) is 0 Å². The average Bonchev–Trinajstić information content (AvgIpc) is 1.98. The Morgan fingerprint density at radius 2 is 2.10 bits per heavy atom. The van der Waals surface area contributed by atoms with Gasteiger partial charge in [-0.05, 0) is 12.8 Å². The Morgan fingerprint density at radius 3 is 2.60 bits per heavy atom. The molecule has 0 amide bonds. The van der Waals surface area contributed by atoms with E-state index >= 15 is 0 Å². The van der Waals surface area contributed by atoms with E-state index in [2.05, 4.69) is 0 Å². The van der Waals surface area contributed by atoms with Gasteiger partial charge < -0.3 is 21.3 Å². The number of hydrogen-bond acceptors (Lipinski definition) is 4. The zero-order valence-corrected chi connectivity index (χ0v) is 6.12. The van der Waals surface area contributed by atoms with Crippen LogP contribution in [0.5, 0.6) is 0 Å². The van der Waals surface area contributed by atoms with Crippen LogP contribution < -0.4 is 11.5 Å². The van der Waals surface area contributed by atoms with Gasteiger partial charge in [0.25, 0.3) is 0 Å². The van der Waals surface area contributed by atoms with Crippen molar-refractivity contribution in [1.82, 2.24) is 0 Å². The van der Waals surface area contributed by atoms with E-state index in [4.69, 9.17) is 21.3 Å². The van der Waals surface area contributed by atoms with Crippen LogP contribution in [0.3, 0.4) is 0 Å². The number of nitrogens with two attached hydrogens (primary N) is 2. The van der Waals surface area contributed by atoms with Gasteiger partial charge in [0.2, 0.25) is 0 Å². The number of hydrogen-bond donors (Lipinski definition) is 3. The second-order valence-corrected chi connectivity index (χ2v) is 2.08. The quantitative estimate of drug-likeness (QED) is 0.334. The van der Waals surface area contributed by atoms with Crippen LogP contribution in [0.4, 0.5) is 0 Å². The van der Waals surface area contributed by atoms with Crippen molar-refractivity contribution in [3.8, 4) is 0 Å². The number of unbranched alkanes of at least 4 members (excludes halogenated alkanes) is 1. The van der Waals surface area contributed by atoms with Gasteiger partial charge in [0.05, 0.1) is 0 Å². The third kappa shape index (κ3) is 5.97. The van der Waals surface area contributed by atoms with E-state index in [0.717, 1.165) is 12.8 Å². The molecular formula is C6H16N2O2. The molecule has 0 saturated heterocycles. The Morgan fingerprint density at radius 1 is 1.40 bits per heavy atom. The molecule has 0 spiro atoms. The first kappa shape index (κ1) is 9.84. The molecule has 10 heavy (non-hydrogen) atoms. The van der Waals surface area contributed by atoms with Gasteiger partial charge in [-0.15, -0.1) is 0 Å². The second kappa shape index (κ2) is 6.95. The lowest BCUT2D eigenvalue weighted by Crippen LogP contribution is -2.32. The van der Waals surface area contributed by atoms with E-state index in [1.807, 2.05) is 0 Å². The molecule has 0 aromatic heterocycles. The first-order chi connectivity index (χ1) is 4.81. The fraction of sp³-hybridized carbons (Fsp3) is 1.00. The molecule has 0 fully saturated rings. The van der Waals surface area contributed by atoms with Crippen molar-refractivity contribution in [2.75, 3.05) is 19.8 Å². The highest BCUT2D eigenvalue weighted by Crippen LogP contribution is 1.89. The van der Waals surface area contributed by atoms with E-state index in [0.29, 0.717) is 13.2 Å². The smallest absolute Gasteiger partial charge is 0.118 e. The van der Waals surface area contributed by atoms with Crippen LogP contribution in [-0.2, 0) is 4.74 Å². The van der Waals surface area contributed by atoms with Crippen LogP contribution in [0.15, 0.2) is 0 Å². The predicted molar refractivity (Wildman–Crippen MR) is 39.3 cm³/mol. The average molecular weight is 148 g/mol. The van der Waals surface area contributed by atoms with Gasteiger partial charge in [-0.1, -0.05) is 0 Å². The monoisotopic (exact) mass is 148 g/mol. The Kier molecular flexibility index (Phi) is 6.84. The summed E-state index contributed by atoms with van der Waals surface area (Å²) in [7, 11) is 0. The lowest BCUT2D eigenvalue weighted by atomic mass is 10.3. The molecule has 0 aromatic carbocycles. The summed E-state index contributed by atoms with van der Waals surface area (Å²) < 4.78 is 5.03. The Bertz CT molecular complexity index is 70.8. The number of ether oxygens (including phenoxy) is 1. The molecule has 1 unspecified atom stereocenters. The van der Waals surface area contributed by atoms with Crippen molar-refractivity contribution in [2.24, 2.45) is 11.5 Å². The SMILES string of the molecule is NCC(N)OCCCCO. The van der Waals surface area contributed by atoms with Crippen molar-refractivity contribution >= 4 is 0 Å². The highest BCUT2D eigenvalue weighted by Gasteiger charge is 1.96. The van der Waals surface area contributed by atoms with Gasteiger partial charge in [0, 0.05) is 19.8 Å². The maximum atomic E-state index is 8.38. The predicted octanol–water partition coefficient (Wildman–Crippen LogP) is -0.981. The van der Waals surface area contributed by atoms with E-state index in [1.165, 1.54) is 0 Å². The van der Waals surface area contributed by atoms with Gasteiger partial charge in [-0.25, -0.2) is 0 Å². The van der Waals surface area contributed by atoms with E-state index in [-0.39, 0.29) is 12.8 Å². The minimum absolute atomic E-state index is 0.210. The van der Waals surface area contributed by atoms with Crippen LogP contribution in [0, 0.1) is 0 Å². The standard InChI is InChI=1S/C6H16N2O2/c7-5-6(8)10-4-2-1-3-9/h6,9H,1-5,7-8H2. The summed E-state index contributed by atoms with van der Waals surface area (Å²) in [6.45, 7) is 1.14. The molecule has 0 radical (unpaired) electrons. The summed E-state index contributed by atoms with van der Waals surface area (Å²) in [5, 5.41) is 8.38. The maximum absolute atomic E-state index is 8.38. The van der Waals surface area contributed by atoms with Gasteiger partial charge >= 0.3 is 0 Å².